The molecule has 2 N–H and O–H groups in total. The average Bonchev–Trinajstić information content (AvgIpc) is 2.63. The minimum Gasteiger partial charge on any atom is -0.480 e. The molecular weight excluding hydrogens is 206 g/mol. The molecule has 0 bridgehead atoms. The van der Waals surface area contributed by atoms with Crippen LogP contribution in [0.1, 0.15) is 46.0 Å². The molecule has 0 aliphatic carbocycles. The lowest BCUT2D eigenvalue weighted by Crippen LogP contribution is -2.52. The molecule has 1 heterocycles. The first-order valence-electron chi connectivity index (χ1n) is 6.23. The second kappa shape index (κ2) is 5.64. The number of likely N-dealkylation sites (tertiary alicyclic amines) is 1. The number of aliphatic hydroxyl groups excluding tert-OH is 1. The molecule has 0 aromatic rings. The highest BCUT2D eigenvalue weighted by Crippen LogP contribution is 2.34. The third-order valence-electron chi connectivity index (χ3n) is 3.59. The zero-order chi connectivity index (χ0) is 12.2. The summed E-state index contributed by atoms with van der Waals surface area (Å²) in [5.74, 6) is -0.727. The molecule has 0 saturated carbocycles. The Kier molecular flexibility index (Phi) is 4.74. The van der Waals surface area contributed by atoms with Gasteiger partial charge in [-0.1, -0.05) is 20.3 Å². The summed E-state index contributed by atoms with van der Waals surface area (Å²) in [6.07, 6.45) is 3.45. The zero-order valence-electron chi connectivity index (χ0n) is 10.3. The van der Waals surface area contributed by atoms with Crippen molar-refractivity contribution in [3.05, 3.63) is 0 Å². The van der Waals surface area contributed by atoms with Crippen LogP contribution in [-0.2, 0) is 4.79 Å². The summed E-state index contributed by atoms with van der Waals surface area (Å²) >= 11 is 0. The number of aliphatic hydroxyl groups is 1. The third-order valence-corrected chi connectivity index (χ3v) is 3.59. The molecule has 1 aliphatic heterocycles. The van der Waals surface area contributed by atoms with Crippen LogP contribution < -0.4 is 0 Å². The van der Waals surface area contributed by atoms with Gasteiger partial charge in [-0.25, -0.2) is 0 Å². The van der Waals surface area contributed by atoms with E-state index in [2.05, 4.69) is 0 Å². The summed E-state index contributed by atoms with van der Waals surface area (Å²) in [6, 6.07) is 0. The van der Waals surface area contributed by atoms with E-state index in [0.29, 0.717) is 25.8 Å². The van der Waals surface area contributed by atoms with Crippen molar-refractivity contribution < 1.29 is 15.0 Å². The highest BCUT2D eigenvalue weighted by molar-refractivity contribution is 5.79. The zero-order valence-corrected chi connectivity index (χ0v) is 10.3. The van der Waals surface area contributed by atoms with Crippen molar-refractivity contribution in [2.24, 2.45) is 0 Å². The molecule has 94 valence electrons. The summed E-state index contributed by atoms with van der Waals surface area (Å²) in [5, 5.41) is 19.1. The van der Waals surface area contributed by atoms with Gasteiger partial charge in [-0.15, -0.1) is 0 Å². The molecule has 1 aliphatic rings. The van der Waals surface area contributed by atoms with Crippen LogP contribution in [0.5, 0.6) is 0 Å². The lowest BCUT2D eigenvalue weighted by molar-refractivity contribution is -0.151. The van der Waals surface area contributed by atoms with E-state index in [1.165, 1.54) is 0 Å². The minimum atomic E-state index is -0.727. The Hall–Kier alpha value is -0.610. The second-order valence-electron chi connectivity index (χ2n) is 4.70. The second-order valence-corrected chi connectivity index (χ2v) is 4.70. The Morgan fingerprint density at radius 3 is 2.69 bits per heavy atom. The fraction of sp³-hybridized carbons (Fsp3) is 0.917. The van der Waals surface area contributed by atoms with Crippen LogP contribution in [0, 0.1) is 0 Å². The number of hydrogen-bond donors (Lipinski definition) is 2. The molecule has 1 saturated heterocycles. The number of carboxylic acids is 1. The van der Waals surface area contributed by atoms with Gasteiger partial charge in [-0.05, 0) is 32.2 Å². The van der Waals surface area contributed by atoms with Crippen molar-refractivity contribution in [3.8, 4) is 0 Å². The molecule has 1 rings (SSSR count). The highest BCUT2D eigenvalue weighted by Gasteiger charge is 2.46. The van der Waals surface area contributed by atoms with E-state index >= 15 is 0 Å². The summed E-state index contributed by atoms with van der Waals surface area (Å²) < 4.78 is 0. The fourth-order valence-corrected chi connectivity index (χ4v) is 2.63. The molecule has 1 fully saturated rings. The van der Waals surface area contributed by atoms with Gasteiger partial charge in [0.05, 0.1) is 6.10 Å². The topological polar surface area (TPSA) is 60.8 Å². The van der Waals surface area contributed by atoms with Crippen molar-refractivity contribution in [1.82, 2.24) is 4.90 Å². The normalized spacial score (nSPS) is 28.2. The Morgan fingerprint density at radius 1 is 1.50 bits per heavy atom. The van der Waals surface area contributed by atoms with Crippen LogP contribution in [0.3, 0.4) is 0 Å². The van der Waals surface area contributed by atoms with E-state index in [-0.39, 0.29) is 0 Å². The minimum absolute atomic E-state index is 0.409. The van der Waals surface area contributed by atoms with Gasteiger partial charge in [0.2, 0.25) is 0 Å². The van der Waals surface area contributed by atoms with E-state index < -0.39 is 17.6 Å². The van der Waals surface area contributed by atoms with Crippen LogP contribution in [-0.4, -0.2) is 45.8 Å². The molecule has 0 aromatic heterocycles. The maximum Gasteiger partial charge on any atom is 0.324 e. The fourth-order valence-electron chi connectivity index (χ4n) is 2.63. The van der Waals surface area contributed by atoms with Gasteiger partial charge in [0.15, 0.2) is 0 Å². The standard InChI is InChI=1S/C12H23NO3/c1-3-6-12(11(15)16)7-5-8-13(12)9-10(14)4-2/h10,14H,3-9H2,1-2H3,(H,15,16). The van der Waals surface area contributed by atoms with Crippen molar-refractivity contribution in [2.45, 2.75) is 57.6 Å². The monoisotopic (exact) mass is 229 g/mol. The molecule has 16 heavy (non-hydrogen) atoms. The van der Waals surface area contributed by atoms with Crippen LogP contribution in [0.2, 0.25) is 0 Å². The quantitative estimate of drug-likeness (QED) is 0.724. The first-order valence-corrected chi connectivity index (χ1v) is 6.23. The highest BCUT2D eigenvalue weighted by atomic mass is 16.4. The number of carboxylic acid groups (broad SMARTS) is 1. The predicted molar refractivity (Wildman–Crippen MR) is 62.4 cm³/mol. The van der Waals surface area contributed by atoms with E-state index in [0.717, 1.165) is 19.4 Å². The predicted octanol–water partition coefficient (Wildman–Crippen LogP) is 1.48. The number of hydrogen-bond acceptors (Lipinski definition) is 3. The van der Waals surface area contributed by atoms with Gasteiger partial charge in [0.1, 0.15) is 5.54 Å². The largest absolute Gasteiger partial charge is 0.480 e. The molecule has 0 radical (unpaired) electrons. The Labute approximate surface area is 97.3 Å². The van der Waals surface area contributed by atoms with Gasteiger partial charge < -0.3 is 10.2 Å². The van der Waals surface area contributed by atoms with E-state index in [1.54, 1.807) is 0 Å². The molecule has 2 atom stereocenters. The van der Waals surface area contributed by atoms with Crippen LogP contribution in [0.15, 0.2) is 0 Å². The molecule has 2 unspecified atom stereocenters. The Balaban J connectivity index is 2.76. The number of aliphatic carboxylic acids is 1. The third kappa shape index (κ3) is 2.55. The summed E-state index contributed by atoms with van der Waals surface area (Å²) in [5.41, 5.74) is -0.717. The lowest BCUT2D eigenvalue weighted by atomic mass is 9.90. The summed E-state index contributed by atoms with van der Waals surface area (Å²) in [4.78, 5) is 13.4. The molecular formula is C12H23NO3. The van der Waals surface area contributed by atoms with Gasteiger partial charge in [0.25, 0.3) is 0 Å². The molecule has 0 amide bonds. The van der Waals surface area contributed by atoms with E-state index in [4.69, 9.17) is 0 Å². The lowest BCUT2D eigenvalue weighted by Gasteiger charge is -2.35. The van der Waals surface area contributed by atoms with Gasteiger partial charge in [-0.2, -0.15) is 0 Å². The molecule has 0 aromatic carbocycles. The van der Waals surface area contributed by atoms with Gasteiger partial charge in [-0.3, -0.25) is 9.69 Å². The first kappa shape index (κ1) is 13.5. The molecule has 4 heteroatoms. The van der Waals surface area contributed by atoms with Crippen LogP contribution in [0.4, 0.5) is 0 Å². The number of carbonyl (C=O) groups is 1. The van der Waals surface area contributed by atoms with E-state index in [9.17, 15) is 15.0 Å². The average molecular weight is 229 g/mol. The number of rotatable bonds is 6. The maximum absolute atomic E-state index is 11.5. The number of nitrogens with zero attached hydrogens (tertiary/aromatic N) is 1. The van der Waals surface area contributed by atoms with E-state index in [1.807, 2.05) is 18.7 Å². The SMILES string of the molecule is CCCC1(C(=O)O)CCCN1CC(O)CC. The number of β-amino-alcohol motifs (C(OH)–C–C–N with tert-alkyl or cyclic N) is 1. The van der Waals surface area contributed by atoms with Crippen LogP contribution in [0.25, 0.3) is 0 Å². The van der Waals surface area contributed by atoms with Crippen molar-refractivity contribution in [1.29, 1.82) is 0 Å². The van der Waals surface area contributed by atoms with Crippen molar-refractivity contribution >= 4 is 5.97 Å². The van der Waals surface area contributed by atoms with Gasteiger partial charge >= 0.3 is 5.97 Å². The smallest absolute Gasteiger partial charge is 0.324 e. The molecule has 4 nitrogen and oxygen atoms in total. The van der Waals surface area contributed by atoms with Crippen LogP contribution >= 0.6 is 0 Å². The first-order chi connectivity index (χ1) is 7.56. The maximum atomic E-state index is 11.5. The van der Waals surface area contributed by atoms with Crippen molar-refractivity contribution in [3.63, 3.8) is 0 Å². The molecule has 0 spiro atoms. The summed E-state index contributed by atoms with van der Waals surface area (Å²) in [6.45, 7) is 5.21. The van der Waals surface area contributed by atoms with Crippen molar-refractivity contribution in [2.75, 3.05) is 13.1 Å². The van der Waals surface area contributed by atoms with Gasteiger partial charge in [0, 0.05) is 6.54 Å². The Morgan fingerprint density at radius 2 is 2.19 bits per heavy atom. The Bertz CT molecular complexity index is 244. The summed E-state index contributed by atoms with van der Waals surface area (Å²) in [7, 11) is 0.